The van der Waals surface area contributed by atoms with E-state index in [1.807, 2.05) is 13.1 Å². The third-order valence-corrected chi connectivity index (χ3v) is 6.21. The zero-order valence-corrected chi connectivity index (χ0v) is 22.6. The maximum Gasteiger partial charge on any atom is 0.191 e. The summed E-state index contributed by atoms with van der Waals surface area (Å²) in [7, 11) is 5.20. The van der Waals surface area contributed by atoms with Gasteiger partial charge >= 0.3 is 0 Å². The van der Waals surface area contributed by atoms with Crippen molar-refractivity contribution in [1.29, 1.82) is 0 Å². The molecule has 7 nitrogen and oxygen atoms in total. The molecule has 1 saturated heterocycles. The number of benzene rings is 2. The molecule has 2 N–H and O–H groups in total. The Bertz CT molecular complexity index is 967. The Hall–Kier alpha value is -2.46. The summed E-state index contributed by atoms with van der Waals surface area (Å²) >= 11 is 0. The van der Waals surface area contributed by atoms with Gasteiger partial charge in [0.1, 0.15) is 11.5 Å². The molecule has 184 valence electrons. The molecule has 0 aliphatic carbocycles. The van der Waals surface area contributed by atoms with Gasteiger partial charge in [-0.15, -0.1) is 24.0 Å². The minimum Gasteiger partial charge on any atom is -0.497 e. The van der Waals surface area contributed by atoms with Gasteiger partial charge in [-0.3, -0.25) is 9.89 Å². The monoisotopic (exact) mass is 577 g/mol. The lowest BCUT2D eigenvalue weighted by molar-refractivity contribution is 0.321. The first-order valence-corrected chi connectivity index (χ1v) is 11.6. The number of likely N-dealkylation sites (tertiary alicyclic amines) is 1. The Morgan fingerprint density at radius 2 is 1.76 bits per heavy atom. The quantitative estimate of drug-likeness (QED) is 0.216. The van der Waals surface area contributed by atoms with E-state index < -0.39 is 0 Å². The van der Waals surface area contributed by atoms with Crippen LogP contribution in [-0.2, 0) is 13.1 Å². The second-order valence-corrected chi connectivity index (χ2v) is 8.56. The topological polar surface area (TPSA) is 61.4 Å². The average molecular weight is 578 g/mol. The van der Waals surface area contributed by atoms with E-state index in [0.717, 1.165) is 63.1 Å². The smallest absolute Gasteiger partial charge is 0.191 e. The highest BCUT2D eigenvalue weighted by Gasteiger charge is 2.23. The minimum atomic E-state index is 0. The molecule has 8 heteroatoms. The number of nitrogens with one attached hydrogen (secondary N) is 2. The second-order valence-electron chi connectivity index (χ2n) is 8.56. The lowest BCUT2D eigenvalue weighted by Crippen LogP contribution is -2.44. The second kappa shape index (κ2) is 12.9. The fraction of sp³-hybridized carbons (Fsp3) is 0.423. The van der Waals surface area contributed by atoms with Crippen LogP contribution in [-0.4, -0.2) is 64.3 Å². The van der Waals surface area contributed by atoms with Gasteiger partial charge in [0.05, 0.1) is 14.2 Å². The van der Waals surface area contributed by atoms with Gasteiger partial charge in [-0.05, 0) is 41.8 Å². The van der Waals surface area contributed by atoms with Crippen LogP contribution in [0.15, 0.2) is 59.6 Å². The fourth-order valence-electron chi connectivity index (χ4n) is 4.44. The Morgan fingerprint density at radius 1 is 1.03 bits per heavy atom. The van der Waals surface area contributed by atoms with Crippen molar-refractivity contribution >= 4 is 35.6 Å². The Kier molecular flexibility index (Phi) is 9.88. The summed E-state index contributed by atoms with van der Waals surface area (Å²) in [5, 5.41) is 7.07. The van der Waals surface area contributed by atoms with Crippen LogP contribution < -0.4 is 25.0 Å². The highest BCUT2D eigenvalue weighted by molar-refractivity contribution is 14.0. The van der Waals surface area contributed by atoms with E-state index >= 15 is 0 Å². The molecule has 0 saturated carbocycles. The highest BCUT2D eigenvalue weighted by Crippen LogP contribution is 2.24. The summed E-state index contributed by atoms with van der Waals surface area (Å²) in [5.74, 6) is 2.50. The van der Waals surface area contributed by atoms with Crippen LogP contribution >= 0.6 is 24.0 Å². The minimum absolute atomic E-state index is 0. The van der Waals surface area contributed by atoms with E-state index in [-0.39, 0.29) is 24.0 Å². The number of methoxy groups -OCH3 is 2. The van der Waals surface area contributed by atoms with E-state index in [1.54, 1.807) is 14.2 Å². The number of anilines is 1. The van der Waals surface area contributed by atoms with E-state index in [1.165, 1.54) is 16.8 Å². The molecular formula is C26H36IN5O2. The maximum absolute atomic E-state index is 5.41. The summed E-state index contributed by atoms with van der Waals surface area (Å²) in [6.07, 6.45) is 5.51. The van der Waals surface area contributed by atoms with Gasteiger partial charge in [0.15, 0.2) is 5.96 Å². The Labute approximate surface area is 220 Å². The van der Waals surface area contributed by atoms with Crippen LogP contribution in [0.25, 0.3) is 0 Å². The van der Waals surface area contributed by atoms with Crippen molar-refractivity contribution in [3.63, 3.8) is 0 Å². The fourth-order valence-corrected chi connectivity index (χ4v) is 4.44. The molecule has 2 aliphatic rings. The summed E-state index contributed by atoms with van der Waals surface area (Å²) in [6, 6.07) is 15.2. The number of nitrogens with zero attached hydrogens (tertiary/aromatic N) is 3. The maximum atomic E-state index is 5.41. The molecule has 0 amide bonds. The van der Waals surface area contributed by atoms with E-state index in [9.17, 15) is 0 Å². The Balaban J connectivity index is 0.00000324. The van der Waals surface area contributed by atoms with E-state index in [2.05, 4.69) is 74.0 Å². The number of hydrogen-bond acceptors (Lipinski definition) is 5. The molecule has 2 aromatic carbocycles. The SMILES string of the molecule is CN=C(NCc1cccc(N2CC=CC2)c1)NC1CCN(Cc2cc(OC)cc(OC)c2)C1.I. The molecule has 0 bridgehead atoms. The van der Waals surface area contributed by atoms with E-state index in [0.29, 0.717) is 6.04 Å². The van der Waals surface area contributed by atoms with Crippen LogP contribution in [0.5, 0.6) is 11.5 Å². The molecule has 1 unspecified atom stereocenters. The zero-order valence-electron chi connectivity index (χ0n) is 20.3. The van der Waals surface area contributed by atoms with Crippen molar-refractivity contribution in [3.8, 4) is 11.5 Å². The van der Waals surface area contributed by atoms with Crippen molar-refractivity contribution in [2.75, 3.05) is 52.3 Å². The van der Waals surface area contributed by atoms with Crippen molar-refractivity contribution in [1.82, 2.24) is 15.5 Å². The third kappa shape index (κ3) is 7.02. The summed E-state index contributed by atoms with van der Waals surface area (Å²) in [5.41, 5.74) is 3.72. The first kappa shape index (κ1) is 26.2. The standard InChI is InChI=1S/C26H35N5O2.HI/c1-27-26(28-17-20-7-6-8-23(13-20)31-10-4-5-11-31)29-22-9-12-30(19-22)18-21-14-24(32-2)16-25(15-21)33-3;/h4-8,13-16,22H,9-12,17-19H2,1-3H3,(H2,27,28,29);1H. The van der Waals surface area contributed by atoms with Crippen LogP contribution in [0.1, 0.15) is 17.5 Å². The zero-order chi connectivity index (χ0) is 23.0. The molecule has 2 aromatic rings. The molecule has 1 fully saturated rings. The summed E-state index contributed by atoms with van der Waals surface area (Å²) in [4.78, 5) is 9.26. The van der Waals surface area contributed by atoms with Gasteiger partial charge in [0, 0.05) is 64.1 Å². The molecule has 1 atom stereocenters. The summed E-state index contributed by atoms with van der Waals surface area (Å²) in [6.45, 7) is 5.60. The average Bonchev–Trinajstić information content (AvgIpc) is 3.54. The Morgan fingerprint density at radius 3 is 2.44 bits per heavy atom. The predicted molar refractivity (Wildman–Crippen MR) is 150 cm³/mol. The van der Waals surface area contributed by atoms with Crippen molar-refractivity contribution in [2.45, 2.75) is 25.6 Å². The molecule has 2 aliphatic heterocycles. The van der Waals surface area contributed by atoms with Gasteiger partial charge in [-0.1, -0.05) is 24.3 Å². The van der Waals surface area contributed by atoms with Gasteiger partial charge < -0.3 is 25.0 Å². The molecule has 0 aromatic heterocycles. The molecule has 2 heterocycles. The van der Waals surface area contributed by atoms with Crippen LogP contribution in [0, 0.1) is 0 Å². The van der Waals surface area contributed by atoms with Crippen LogP contribution in [0.4, 0.5) is 5.69 Å². The highest BCUT2D eigenvalue weighted by atomic mass is 127. The largest absolute Gasteiger partial charge is 0.497 e. The normalized spacial score (nSPS) is 18.0. The number of rotatable bonds is 8. The number of aliphatic imine (C=N–C) groups is 1. The van der Waals surface area contributed by atoms with Crippen molar-refractivity contribution in [2.24, 2.45) is 4.99 Å². The van der Waals surface area contributed by atoms with Gasteiger partial charge in [0.2, 0.25) is 0 Å². The van der Waals surface area contributed by atoms with Gasteiger partial charge in [-0.2, -0.15) is 0 Å². The summed E-state index contributed by atoms with van der Waals surface area (Å²) < 4.78 is 10.8. The number of hydrogen-bond donors (Lipinski definition) is 2. The predicted octanol–water partition coefficient (Wildman–Crippen LogP) is 3.64. The van der Waals surface area contributed by atoms with Crippen molar-refractivity contribution in [3.05, 3.63) is 65.7 Å². The lowest BCUT2D eigenvalue weighted by atomic mass is 10.2. The number of halogens is 1. The van der Waals surface area contributed by atoms with Crippen LogP contribution in [0.3, 0.4) is 0 Å². The van der Waals surface area contributed by atoms with Crippen LogP contribution in [0.2, 0.25) is 0 Å². The molecular weight excluding hydrogens is 541 g/mol. The number of ether oxygens (including phenoxy) is 2. The van der Waals surface area contributed by atoms with Gasteiger partial charge in [-0.25, -0.2) is 0 Å². The molecule has 34 heavy (non-hydrogen) atoms. The molecule has 0 radical (unpaired) electrons. The number of guanidine groups is 1. The first-order valence-electron chi connectivity index (χ1n) is 11.6. The lowest BCUT2D eigenvalue weighted by Gasteiger charge is -2.20. The van der Waals surface area contributed by atoms with E-state index in [4.69, 9.17) is 9.47 Å². The third-order valence-electron chi connectivity index (χ3n) is 6.21. The molecule has 0 spiro atoms. The first-order chi connectivity index (χ1) is 16.2. The van der Waals surface area contributed by atoms with Gasteiger partial charge in [0.25, 0.3) is 0 Å². The molecule has 4 rings (SSSR count). The van der Waals surface area contributed by atoms with Crippen molar-refractivity contribution < 1.29 is 9.47 Å².